The van der Waals surface area contributed by atoms with Gasteiger partial charge in [0.2, 0.25) is 5.91 Å². The van der Waals surface area contributed by atoms with Gasteiger partial charge in [-0.1, -0.05) is 23.9 Å². The van der Waals surface area contributed by atoms with Crippen molar-refractivity contribution in [2.75, 3.05) is 31.6 Å². The van der Waals surface area contributed by atoms with Gasteiger partial charge < -0.3 is 20.1 Å². The number of amides is 1. The lowest BCUT2D eigenvalue weighted by molar-refractivity contribution is -0.163. The van der Waals surface area contributed by atoms with Gasteiger partial charge in [0.1, 0.15) is 0 Å². The minimum absolute atomic E-state index is 0.0867. The summed E-state index contributed by atoms with van der Waals surface area (Å²) in [4.78, 5) is 24.0. The lowest BCUT2D eigenvalue weighted by atomic mass is 9.99. The number of carboxylic acid groups (broad SMARTS) is 1. The molecule has 0 radical (unpaired) electrons. The van der Waals surface area contributed by atoms with E-state index in [1.165, 1.54) is 23.1 Å². The van der Waals surface area contributed by atoms with Gasteiger partial charge in [-0.05, 0) is 49.2 Å². The van der Waals surface area contributed by atoms with Gasteiger partial charge in [0.05, 0.1) is 24.3 Å². The predicted octanol–water partition coefficient (Wildman–Crippen LogP) is 6.41. The van der Waals surface area contributed by atoms with Crippen molar-refractivity contribution in [1.29, 1.82) is 0 Å². The number of carbonyl (C=O) groups is 2. The highest BCUT2D eigenvalue weighted by Gasteiger charge is 2.46. The summed E-state index contributed by atoms with van der Waals surface area (Å²) in [7, 11) is 0. The highest BCUT2D eigenvalue weighted by atomic mass is 32.2. The highest BCUT2D eigenvalue weighted by Crippen LogP contribution is 2.48. The predicted molar refractivity (Wildman–Crippen MR) is 133 cm³/mol. The molecule has 0 aliphatic carbocycles. The van der Waals surface area contributed by atoms with Crippen LogP contribution in [0.2, 0.25) is 0 Å². The number of carboxylic acids is 1. The van der Waals surface area contributed by atoms with E-state index in [1.54, 1.807) is 13.0 Å². The number of anilines is 1. The Morgan fingerprint density at radius 1 is 1.08 bits per heavy atom. The summed E-state index contributed by atoms with van der Waals surface area (Å²) < 4.78 is 89.7. The summed E-state index contributed by atoms with van der Waals surface area (Å²) >= 11 is 0.519. The van der Waals surface area contributed by atoms with Gasteiger partial charge in [-0.3, -0.25) is 9.59 Å². The Hall–Kier alpha value is -3.19. The molecular formula is C26H26F6N2O4S. The number of carbonyl (C=O) groups excluding carboxylic acids is 1. The molecule has 1 heterocycles. The van der Waals surface area contributed by atoms with Gasteiger partial charge in [-0.15, -0.1) is 0 Å². The maximum Gasteiger partial charge on any atom is 0.418 e. The molecule has 1 aliphatic heterocycles. The van der Waals surface area contributed by atoms with Crippen LogP contribution in [-0.2, 0) is 26.7 Å². The summed E-state index contributed by atoms with van der Waals surface area (Å²) in [6.07, 6.45) is -8.89. The van der Waals surface area contributed by atoms with Crippen LogP contribution in [0.15, 0.2) is 52.3 Å². The number of aliphatic carboxylic acids is 1. The van der Waals surface area contributed by atoms with Crippen LogP contribution in [0.4, 0.5) is 32.0 Å². The van der Waals surface area contributed by atoms with Crippen LogP contribution in [-0.4, -0.2) is 54.2 Å². The van der Waals surface area contributed by atoms with E-state index in [0.717, 1.165) is 24.3 Å². The van der Waals surface area contributed by atoms with Crippen molar-refractivity contribution in [2.45, 2.75) is 48.0 Å². The molecule has 6 nitrogen and oxygen atoms in total. The van der Waals surface area contributed by atoms with Crippen LogP contribution >= 0.6 is 11.8 Å². The zero-order chi connectivity index (χ0) is 28.8. The van der Waals surface area contributed by atoms with Crippen molar-refractivity contribution in [3.63, 3.8) is 0 Å². The fraction of sp³-hybridized carbons (Fsp3) is 0.385. The first kappa shape index (κ1) is 30.4. The second-order valence-electron chi connectivity index (χ2n) is 8.78. The number of hydrogen-bond donors (Lipinski definition) is 2. The third-order valence-corrected chi connectivity index (χ3v) is 6.81. The Balaban J connectivity index is 1.95. The van der Waals surface area contributed by atoms with Gasteiger partial charge in [-0.2, -0.15) is 26.3 Å². The van der Waals surface area contributed by atoms with E-state index in [-0.39, 0.29) is 43.7 Å². The number of halogens is 6. The van der Waals surface area contributed by atoms with Gasteiger partial charge >= 0.3 is 18.3 Å². The quantitative estimate of drug-likeness (QED) is 0.265. The molecule has 1 amide bonds. The number of ether oxygens (including phenoxy) is 1. The van der Waals surface area contributed by atoms with Gasteiger partial charge in [-0.25, -0.2) is 0 Å². The van der Waals surface area contributed by atoms with E-state index in [2.05, 4.69) is 5.32 Å². The van der Waals surface area contributed by atoms with Crippen molar-refractivity contribution in [2.24, 2.45) is 0 Å². The molecule has 0 aromatic heterocycles. The van der Waals surface area contributed by atoms with E-state index in [0.29, 0.717) is 23.9 Å². The Morgan fingerprint density at radius 2 is 1.74 bits per heavy atom. The molecule has 2 aromatic carbocycles. The van der Waals surface area contributed by atoms with Gasteiger partial charge in [0.25, 0.3) is 0 Å². The third-order valence-electron chi connectivity index (χ3n) is 5.76. The minimum atomic E-state index is -5.36. The van der Waals surface area contributed by atoms with Crippen molar-refractivity contribution < 1.29 is 45.8 Å². The number of alkyl halides is 6. The zero-order valence-electron chi connectivity index (χ0n) is 20.7. The van der Waals surface area contributed by atoms with Crippen molar-refractivity contribution in [1.82, 2.24) is 4.90 Å². The van der Waals surface area contributed by atoms with Crippen molar-refractivity contribution in [3.8, 4) is 0 Å². The second kappa shape index (κ2) is 12.8. The number of morpholine rings is 1. The molecule has 0 saturated carbocycles. The van der Waals surface area contributed by atoms with Gasteiger partial charge in [0, 0.05) is 47.1 Å². The molecule has 0 bridgehead atoms. The Kier molecular flexibility index (Phi) is 9.94. The van der Waals surface area contributed by atoms with Crippen LogP contribution in [0.5, 0.6) is 0 Å². The van der Waals surface area contributed by atoms with E-state index >= 15 is 0 Å². The summed E-state index contributed by atoms with van der Waals surface area (Å²) in [5, 5.41) is 11.9. The maximum atomic E-state index is 14.1. The molecule has 1 saturated heterocycles. The molecule has 1 fully saturated rings. The van der Waals surface area contributed by atoms with Crippen LogP contribution < -0.4 is 5.32 Å². The third kappa shape index (κ3) is 8.65. The normalized spacial score (nSPS) is 15.4. The standard InChI is InChI=1S/C26H26F6N2O4S/c1-16(5-10-22(36)37)33-18-3-2-4-19(15-18)39-20-8-6-17(7-9-21(35)34-11-13-38-14-12-34)23(25(27,28)29)24(20)26(30,31)32/h2-4,6-9,15-16,33H,5,10-14H2,1H3,(H,36,37)/b9-7+. The average Bonchev–Trinajstić information content (AvgIpc) is 2.85. The summed E-state index contributed by atoms with van der Waals surface area (Å²) in [5.41, 5.74) is -4.01. The maximum absolute atomic E-state index is 14.1. The molecule has 1 aliphatic rings. The second-order valence-corrected chi connectivity index (χ2v) is 9.89. The molecule has 2 aromatic rings. The molecule has 1 atom stereocenters. The van der Waals surface area contributed by atoms with E-state index in [4.69, 9.17) is 9.84 Å². The summed E-state index contributed by atoms with van der Waals surface area (Å²) in [6, 6.07) is 7.68. The van der Waals surface area contributed by atoms with Crippen molar-refractivity contribution >= 4 is 35.4 Å². The molecule has 2 N–H and O–H groups in total. The number of hydrogen-bond acceptors (Lipinski definition) is 5. The molecule has 0 spiro atoms. The lowest BCUT2D eigenvalue weighted by Crippen LogP contribution is -2.39. The topological polar surface area (TPSA) is 78.9 Å². The molecule has 13 heteroatoms. The lowest BCUT2D eigenvalue weighted by Gasteiger charge is -2.25. The monoisotopic (exact) mass is 576 g/mol. The number of nitrogens with one attached hydrogen (secondary N) is 1. The molecule has 39 heavy (non-hydrogen) atoms. The number of benzene rings is 2. The Labute approximate surface area is 225 Å². The van der Waals surface area contributed by atoms with E-state index < -0.39 is 45.8 Å². The first-order chi connectivity index (χ1) is 18.3. The molecule has 1 unspecified atom stereocenters. The fourth-order valence-corrected chi connectivity index (χ4v) is 4.98. The van der Waals surface area contributed by atoms with E-state index in [9.17, 15) is 35.9 Å². The summed E-state index contributed by atoms with van der Waals surface area (Å²) in [6.45, 7) is 2.71. The van der Waals surface area contributed by atoms with Crippen LogP contribution in [0, 0.1) is 0 Å². The first-order valence-electron chi connectivity index (χ1n) is 11.9. The Bertz CT molecular complexity index is 1210. The number of nitrogens with zero attached hydrogens (tertiary/aromatic N) is 1. The highest BCUT2D eigenvalue weighted by molar-refractivity contribution is 7.99. The number of rotatable bonds is 9. The molecular weight excluding hydrogens is 550 g/mol. The Morgan fingerprint density at radius 3 is 2.36 bits per heavy atom. The fourth-order valence-electron chi connectivity index (χ4n) is 3.93. The zero-order valence-corrected chi connectivity index (χ0v) is 21.6. The minimum Gasteiger partial charge on any atom is -0.481 e. The SMILES string of the molecule is CC(CCC(=O)O)Nc1cccc(Sc2ccc(/C=C/C(=O)N3CCOCC3)c(C(F)(F)F)c2C(F)(F)F)c1. The van der Waals surface area contributed by atoms with Crippen LogP contribution in [0.1, 0.15) is 36.5 Å². The smallest absolute Gasteiger partial charge is 0.418 e. The largest absolute Gasteiger partial charge is 0.481 e. The first-order valence-corrected chi connectivity index (χ1v) is 12.7. The van der Waals surface area contributed by atoms with Crippen LogP contribution in [0.3, 0.4) is 0 Å². The average molecular weight is 577 g/mol. The van der Waals surface area contributed by atoms with Crippen LogP contribution in [0.25, 0.3) is 6.08 Å². The molecule has 3 rings (SSSR count). The molecule has 212 valence electrons. The summed E-state index contributed by atoms with van der Waals surface area (Å²) in [5.74, 6) is -1.60. The van der Waals surface area contributed by atoms with E-state index in [1.807, 2.05) is 0 Å². The van der Waals surface area contributed by atoms with Crippen molar-refractivity contribution in [3.05, 3.63) is 59.2 Å². The van der Waals surface area contributed by atoms with Gasteiger partial charge in [0.15, 0.2) is 0 Å².